The van der Waals surface area contributed by atoms with E-state index in [1.165, 1.54) is 18.4 Å². The molecule has 2 amide bonds. The monoisotopic (exact) mass is 335 g/mol. The van der Waals surface area contributed by atoms with Crippen molar-refractivity contribution in [3.8, 4) is 11.6 Å². The first kappa shape index (κ1) is 15.5. The van der Waals surface area contributed by atoms with Crippen LogP contribution in [0.2, 0.25) is 0 Å². The van der Waals surface area contributed by atoms with Gasteiger partial charge in [0.25, 0.3) is 5.91 Å². The summed E-state index contributed by atoms with van der Waals surface area (Å²) >= 11 is 1.41. The third-order valence-electron chi connectivity index (χ3n) is 3.90. The zero-order valence-corrected chi connectivity index (χ0v) is 13.6. The van der Waals surface area contributed by atoms with Crippen molar-refractivity contribution in [3.05, 3.63) is 17.0 Å². The quantitative estimate of drug-likeness (QED) is 0.857. The van der Waals surface area contributed by atoms with Gasteiger partial charge < -0.3 is 20.5 Å². The van der Waals surface area contributed by atoms with E-state index in [0.29, 0.717) is 24.3 Å². The number of amides is 2. The number of carbonyl (C=O) groups is 2. The molecule has 3 heterocycles. The van der Waals surface area contributed by atoms with Crippen LogP contribution in [0, 0.1) is 5.92 Å². The van der Waals surface area contributed by atoms with Crippen molar-refractivity contribution in [2.75, 3.05) is 13.7 Å². The van der Waals surface area contributed by atoms with Crippen molar-refractivity contribution in [2.45, 2.75) is 19.4 Å². The second-order valence-electron chi connectivity index (χ2n) is 5.52. The Morgan fingerprint density at radius 3 is 2.96 bits per heavy atom. The number of nitrogens with zero attached hydrogens (tertiary/aromatic N) is 1. The molecule has 2 aromatic rings. The van der Waals surface area contributed by atoms with Crippen molar-refractivity contribution in [1.82, 2.24) is 10.3 Å². The Morgan fingerprint density at radius 2 is 2.35 bits per heavy atom. The molecule has 0 aliphatic carbocycles. The summed E-state index contributed by atoms with van der Waals surface area (Å²) in [5, 5.41) is 4.72. The standard InChI is InChI=1S/C15H17N3O4S/c1-7-3-12(19)17-9(7)5-22-10-6-23-11-4-8(14(16)20)15(21-2)18-13(10)11/h4,6-7,9H,3,5H2,1-2H3,(H2,16,20)(H,17,19)/t7-,9-/m1/s1. The number of nitrogens with one attached hydrogen (secondary N) is 1. The minimum absolute atomic E-state index is 0.00996. The van der Waals surface area contributed by atoms with Crippen molar-refractivity contribution >= 4 is 33.4 Å². The van der Waals surface area contributed by atoms with Crippen LogP contribution in [-0.4, -0.2) is 36.6 Å². The lowest BCUT2D eigenvalue weighted by molar-refractivity contribution is -0.119. The number of ether oxygens (including phenoxy) is 2. The summed E-state index contributed by atoms with van der Waals surface area (Å²) in [7, 11) is 1.43. The minimum atomic E-state index is -0.588. The highest BCUT2D eigenvalue weighted by atomic mass is 32.1. The van der Waals surface area contributed by atoms with Crippen molar-refractivity contribution in [3.63, 3.8) is 0 Å². The number of pyridine rings is 1. The number of hydrogen-bond acceptors (Lipinski definition) is 6. The maximum Gasteiger partial charge on any atom is 0.254 e. The predicted molar refractivity (Wildman–Crippen MR) is 85.9 cm³/mol. The van der Waals surface area contributed by atoms with Gasteiger partial charge in [0.1, 0.15) is 17.7 Å². The van der Waals surface area contributed by atoms with Crippen LogP contribution in [-0.2, 0) is 4.79 Å². The average Bonchev–Trinajstić information content (AvgIpc) is 3.05. The smallest absolute Gasteiger partial charge is 0.254 e. The molecule has 1 aliphatic heterocycles. The van der Waals surface area contributed by atoms with E-state index in [4.69, 9.17) is 15.2 Å². The van der Waals surface area contributed by atoms with Gasteiger partial charge in [-0.1, -0.05) is 6.92 Å². The number of methoxy groups -OCH3 is 1. The number of hydrogen-bond donors (Lipinski definition) is 2. The zero-order chi connectivity index (χ0) is 16.6. The average molecular weight is 335 g/mol. The summed E-state index contributed by atoms with van der Waals surface area (Å²) in [5.41, 5.74) is 6.19. The van der Waals surface area contributed by atoms with Crippen LogP contribution < -0.4 is 20.5 Å². The van der Waals surface area contributed by atoms with Gasteiger partial charge in [0, 0.05) is 11.8 Å². The highest BCUT2D eigenvalue weighted by molar-refractivity contribution is 7.17. The Balaban J connectivity index is 1.84. The summed E-state index contributed by atoms with van der Waals surface area (Å²) in [6.45, 7) is 2.39. The van der Waals surface area contributed by atoms with Gasteiger partial charge >= 0.3 is 0 Å². The molecule has 3 N–H and O–H groups in total. The lowest BCUT2D eigenvalue weighted by Gasteiger charge is -2.15. The number of nitrogens with two attached hydrogens (primary N) is 1. The zero-order valence-electron chi connectivity index (χ0n) is 12.8. The van der Waals surface area contributed by atoms with E-state index in [-0.39, 0.29) is 29.3 Å². The highest BCUT2D eigenvalue weighted by Gasteiger charge is 2.29. The fourth-order valence-electron chi connectivity index (χ4n) is 2.58. The van der Waals surface area contributed by atoms with E-state index in [0.717, 1.165) is 4.70 Å². The Bertz CT molecular complexity index is 773. The molecule has 0 radical (unpaired) electrons. The minimum Gasteiger partial charge on any atom is -0.488 e. The number of rotatable bonds is 5. The number of thiophene rings is 1. The molecule has 122 valence electrons. The number of carbonyl (C=O) groups excluding carboxylic acids is 2. The molecule has 3 rings (SSSR count). The Morgan fingerprint density at radius 1 is 1.57 bits per heavy atom. The molecule has 8 heteroatoms. The Kier molecular flexibility index (Phi) is 4.08. The maximum atomic E-state index is 11.4. The largest absolute Gasteiger partial charge is 0.488 e. The van der Waals surface area contributed by atoms with Gasteiger partial charge in [-0.25, -0.2) is 4.98 Å². The molecule has 7 nitrogen and oxygen atoms in total. The number of fused-ring (bicyclic) bond motifs is 1. The lowest BCUT2D eigenvalue weighted by Crippen LogP contribution is -2.34. The predicted octanol–water partition coefficient (Wildman–Crippen LogP) is 1.31. The van der Waals surface area contributed by atoms with Gasteiger partial charge in [0.15, 0.2) is 5.75 Å². The molecule has 1 aliphatic rings. The van der Waals surface area contributed by atoms with Gasteiger partial charge in [0.2, 0.25) is 11.8 Å². The van der Waals surface area contributed by atoms with E-state index in [1.54, 1.807) is 6.07 Å². The van der Waals surface area contributed by atoms with Gasteiger partial charge in [-0.3, -0.25) is 9.59 Å². The summed E-state index contributed by atoms with van der Waals surface area (Å²) in [4.78, 5) is 27.1. The molecule has 0 saturated carbocycles. The van der Waals surface area contributed by atoms with Crippen LogP contribution in [0.5, 0.6) is 11.6 Å². The van der Waals surface area contributed by atoms with Gasteiger partial charge in [0.05, 0.1) is 17.9 Å². The van der Waals surface area contributed by atoms with Crippen molar-refractivity contribution in [2.24, 2.45) is 11.7 Å². The first-order valence-corrected chi connectivity index (χ1v) is 8.05. The van der Waals surface area contributed by atoms with E-state index in [2.05, 4.69) is 10.3 Å². The topological polar surface area (TPSA) is 104 Å². The Labute approximate surface area is 136 Å². The first-order valence-electron chi connectivity index (χ1n) is 7.17. The third-order valence-corrected chi connectivity index (χ3v) is 4.79. The highest BCUT2D eigenvalue weighted by Crippen LogP contribution is 2.34. The second kappa shape index (κ2) is 6.04. The number of aromatic nitrogens is 1. The van der Waals surface area contributed by atoms with Crippen LogP contribution in [0.1, 0.15) is 23.7 Å². The van der Waals surface area contributed by atoms with Crippen LogP contribution in [0.4, 0.5) is 0 Å². The van der Waals surface area contributed by atoms with Gasteiger partial charge in [-0.05, 0) is 12.0 Å². The van der Waals surface area contributed by atoms with E-state index < -0.39 is 5.91 Å². The molecule has 1 fully saturated rings. The van der Waals surface area contributed by atoms with E-state index >= 15 is 0 Å². The lowest BCUT2D eigenvalue weighted by atomic mass is 10.0. The molecule has 0 unspecified atom stereocenters. The van der Waals surface area contributed by atoms with Crippen LogP contribution in [0.25, 0.3) is 10.2 Å². The van der Waals surface area contributed by atoms with Crippen molar-refractivity contribution in [1.29, 1.82) is 0 Å². The van der Waals surface area contributed by atoms with Gasteiger partial charge in [-0.15, -0.1) is 11.3 Å². The summed E-state index contributed by atoms with van der Waals surface area (Å²) in [6.07, 6.45) is 0.520. The molecule has 0 spiro atoms. The fraction of sp³-hybridized carbons (Fsp3) is 0.400. The summed E-state index contributed by atoms with van der Waals surface area (Å²) in [5.74, 6) is 0.474. The second-order valence-corrected chi connectivity index (χ2v) is 6.43. The third kappa shape index (κ3) is 2.94. The summed E-state index contributed by atoms with van der Waals surface area (Å²) < 4.78 is 11.7. The summed E-state index contributed by atoms with van der Waals surface area (Å²) in [6, 6.07) is 1.64. The molecule has 0 aromatic carbocycles. The van der Waals surface area contributed by atoms with E-state index in [9.17, 15) is 9.59 Å². The maximum absolute atomic E-state index is 11.4. The van der Waals surface area contributed by atoms with Crippen LogP contribution in [0.15, 0.2) is 11.4 Å². The molecule has 23 heavy (non-hydrogen) atoms. The molecule has 2 aromatic heterocycles. The molecule has 1 saturated heterocycles. The molecule has 0 bridgehead atoms. The number of primary amides is 1. The molecular formula is C15H17N3O4S. The van der Waals surface area contributed by atoms with Crippen LogP contribution in [0.3, 0.4) is 0 Å². The van der Waals surface area contributed by atoms with Gasteiger partial charge in [-0.2, -0.15) is 0 Å². The molecular weight excluding hydrogens is 318 g/mol. The molecule has 2 atom stereocenters. The SMILES string of the molecule is COc1nc2c(OC[C@H]3NC(=O)C[C@H]3C)csc2cc1C(N)=O. The fourth-order valence-corrected chi connectivity index (χ4v) is 3.44. The van der Waals surface area contributed by atoms with E-state index in [1.807, 2.05) is 12.3 Å². The van der Waals surface area contributed by atoms with Crippen LogP contribution >= 0.6 is 11.3 Å². The normalized spacial score (nSPS) is 20.5. The van der Waals surface area contributed by atoms with Crippen molar-refractivity contribution < 1.29 is 19.1 Å². The Hall–Kier alpha value is -2.35. The first-order chi connectivity index (χ1) is 11.0.